The summed E-state index contributed by atoms with van der Waals surface area (Å²) in [5.74, 6) is -1.58. The van der Waals surface area contributed by atoms with Crippen LogP contribution in [0.15, 0.2) is 24.3 Å². The number of nitrogens with one attached hydrogen (secondary N) is 1. The zero-order valence-corrected chi connectivity index (χ0v) is 10.7. The molecule has 3 nitrogen and oxygen atoms in total. The van der Waals surface area contributed by atoms with E-state index in [1.807, 2.05) is 0 Å². The molecule has 108 valence electrons. The molecule has 0 aliphatic carbocycles. The Morgan fingerprint density at radius 3 is 2.11 bits per heavy atom. The summed E-state index contributed by atoms with van der Waals surface area (Å²) < 4.78 is 51.0. The Labute approximate surface area is 113 Å². The molecular formula is C11H13ClF4N2O. The highest BCUT2D eigenvalue weighted by Gasteiger charge is 2.42. The van der Waals surface area contributed by atoms with Gasteiger partial charge in [-0.15, -0.1) is 12.4 Å². The number of hydrogen-bond donors (Lipinski definition) is 2. The molecule has 0 fully saturated rings. The Morgan fingerprint density at radius 1 is 1.26 bits per heavy atom. The van der Waals surface area contributed by atoms with Crippen molar-refractivity contribution in [3.8, 4) is 0 Å². The minimum absolute atomic E-state index is 0. The average molecular weight is 301 g/mol. The summed E-state index contributed by atoms with van der Waals surface area (Å²) in [7, 11) is 0. The van der Waals surface area contributed by atoms with Gasteiger partial charge < -0.3 is 11.1 Å². The van der Waals surface area contributed by atoms with Gasteiger partial charge in [-0.1, -0.05) is 12.1 Å². The monoisotopic (exact) mass is 300 g/mol. The third-order valence-corrected chi connectivity index (χ3v) is 2.23. The van der Waals surface area contributed by atoms with Gasteiger partial charge in [-0.2, -0.15) is 13.2 Å². The summed E-state index contributed by atoms with van der Waals surface area (Å²) in [5, 5.41) is 1.78. The van der Waals surface area contributed by atoms with Gasteiger partial charge in [0.25, 0.3) is 0 Å². The number of hydrogen-bond acceptors (Lipinski definition) is 2. The van der Waals surface area contributed by atoms with Crippen molar-refractivity contribution >= 4 is 18.3 Å². The molecule has 0 aromatic heterocycles. The quantitative estimate of drug-likeness (QED) is 0.842. The Hall–Kier alpha value is -1.34. The summed E-state index contributed by atoms with van der Waals surface area (Å²) in [6, 6.07) is 0.467. The lowest BCUT2D eigenvalue weighted by Crippen LogP contribution is -2.45. The second-order valence-corrected chi connectivity index (χ2v) is 3.82. The molecule has 0 saturated carbocycles. The summed E-state index contributed by atoms with van der Waals surface area (Å²) in [5.41, 5.74) is 4.94. The maximum atomic E-state index is 12.8. The highest BCUT2D eigenvalue weighted by atomic mass is 35.5. The number of rotatable bonds is 3. The lowest BCUT2D eigenvalue weighted by Gasteiger charge is -2.23. The minimum Gasteiger partial charge on any atom is -0.339 e. The van der Waals surface area contributed by atoms with Gasteiger partial charge in [-0.3, -0.25) is 4.79 Å². The highest BCUT2D eigenvalue weighted by Crippen LogP contribution is 2.32. The highest BCUT2D eigenvalue weighted by molar-refractivity contribution is 5.85. The molecule has 8 heteroatoms. The predicted octanol–water partition coefficient (Wildman–Crippen LogP) is 2.31. The fraction of sp³-hybridized carbons (Fsp3) is 0.364. The van der Waals surface area contributed by atoms with Gasteiger partial charge >= 0.3 is 6.18 Å². The molecule has 0 bridgehead atoms. The molecule has 0 heterocycles. The molecule has 0 saturated heterocycles. The second-order valence-electron chi connectivity index (χ2n) is 3.82. The van der Waals surface area contributed by atoms with E-state index in [0.717, 1.165) is 24.3 Å². The lowest BCUT2D eigenvalue weighted by molar-refractivity contribution is -0.163. The smallest absolute Gasteiger partial charge is 0.339 e. The van der Waals surface area contributed by atoms with Gasteiger partial charge in [-0.25, -0.2) is 4.39 Å². The van der Waals surface area contributed by atoms with Crippen molar-refractivity contribution in [1.82, 2.24) is 5.32 Å². The van der Waals surface area contributed by atoms with Crippen LogP contribution in [0.25, 0.3) is 0 Å². The Bertz CT molecular complexity index is 420. The third kappa shape index (κ3) is 5.04. The van der Waals surface area contributed by atoms with Crippen LogP contribution in [-0.4, -0.2) is 18.1 Å². The van der Waals surface area contributed by atoms with E-state index < -0.39 is 30.0 Å². The Morgan fingerprint density at radius 2 is 1.74 bits per heavy atom. The summed E-state index contributed by atoms with van der Waals surface area (Å²) >= 11 is 0. The van der Waals surface area contributed by atoms with Crippen molar-refractivity contribution in [2.24, 2.45) is 5.73 Å². The lowest BCUT2D eigenvalue weighted by atomic mass is 10.1. The first-order valence-corrected chi connectivity index (χ1v) is 5.10. The zero-order valence-electron chi connectivity index (χ0n) is 9.87. The molecular weight excluding hydrogens is 288 g/mol. The number of halogens is 5. The molecule has 19 heavy (non-hydrogen) atoms. The van der Waals surface area contributed by atoms with Crippen molar-refractivity contribution in [2.75, 3.05) is 0 Å². The second kappa shape index (κ2) is 6.72. The molecule has 1 amide bonds. The molecule has 0 aliphatic rings. The molecule has 0 radical (unpaired) electrons. The van der Waals surface area contributed by atoms with Crippen LogP contribution in [-0.2, 0) is 4.79 Å². The predicted molar refractivity (Wildman–Crippen MR) is 64.2 cm³/mol. The fourth-order valence-corrected chi connectivity index (χ4v) is 1.28. The van der Waals surface area contributed by atoms with Crippen molar-refractivity contribution in [3.05, 3.63) is 35.6 Å². The van der Waals surface area contributed by atoms with Crippen LogP contribution in [0.5, 0.6) is 0 Å². The summed E-state index contributed by atoms with van der Waals surface area (Å²) in [6.45, 7) is 1.27. The van der Waals surface area contributed by atoms with Crippen molar-refractivity contribution in [1.29, 1.82) is 0 Å². The number of amides is 1. The minimum atomic E-state index is -4.68. The van der Waals surface area contributed by atoms with E-state index in [1.54, 1.807) is 5.32 Å². The molecule has 1 unspecified atom stereocenters. The average Bonchev–Trinajstić information content (AvgIpc) is 2.25. The van der Waals surface area contributed by atoms with Crippen LogP contribution in [0, 0.1) is 5.82 Å². The molecule has 0 aliphatic heterocycles. The molecule has 1 rings (SSSR count). The van der Waals surface area contributed by atoms with E-state index in [4.69, 9.17) is 5.73 Å². The summed E-state index contributed by atoms with van der Waals surface area (Å²) in [4.78, 5) is 11.2. The van der Waals surface area contributed by atoms with Crippen LogP contribution in [0.2, 0.25) is 0 Å². The van der Waals surface area contributed by atoms with Gasteiger partial charge in [0.05, 0.1) is 6.04 Å². The van der Waals surface area contributed by atoms with Gasteiger partial charge in [-0.05, 0) is 24.6 Å². The maximum Gasteiger partial charge on any atom is 0.412 e. The van der Waals surface area contributed by atoms with E-state index in [9.17, 15) is 22.4 Å². The topological polar surface area (TPSA) is 55.1 Å². The number of benzene rings is 1. The van der Waals surface area contributed by atoms with Crippen LogP contribution in [0.4, 0.5) is 17.6 Å². The fourth-order valence-electron chi connectivity index (χ4n) is 1.28. The number of alkyl halides is 3. The zero-order chi connectivity index (χ0) is 13.9. The van der Waals surface area contributed by atoms with E-state index in [1.165, 1.54) is 6.92 Å². The van der Waals surface area contributed by atoms with Crippen LogP contribution < -0.4 is 11.1 Å². The molecule has 2 atom stereocenters. The van der Waals surface area contributed by atoms with Crippen LogP contribution in [0.1, 0.15) is 18.5 Å². The van der Waals surface area contributed by atoms with E-state index in [-0.39, 0.29) is 18.0 Å². The van der Waals surface area contributed by atoms with Crippen LogP contribution >= 0.6 is 12.4 Å². The van der Waals surface area contributed by atoms with Gasteiger partial charge in [0.15, 0.2) is 6.04 Å². The first-order chi connectivity index (χ1) is 8.21. The van der Waals surface area contributed by atoms with Gasteiger partial charge in [0, 0.05) is 0 Å². The third-order valence-electron chi connectivity index (χ3n) is 2.23. The molecule has 1 aromatic carbocycles. The molecule has 1 aromatic rings. The van der Waals surface area contributed by atoms with E-state index in [0.29, 0.717) is 0 Å². The first kappa shape index (κ1) is 17.7. The molecule has 3 N–H and O–H groups in total. The largest absolute Gasteiger partial charge is 0.412 e. The number of carbonyl (C=O) groups is 1. The first-order valence-electron chi connectivity index (χ1n) is 5.10. The number of carbonyl (C=O) groups excluding carboxylic acids is 1. The van der Waals surface area contributed by atoms with Gasteiger partial charge in [0.1, 0.15) is 5.82 Å². The molecule has 0 spiro atoms. The van der Waals surface area contributed by atoms with Crippen molar-refractivity contribution in [2.45, 2.75) is 25.2 Å². The normalized spacial score (nSPS) is 14.2. The van der Waals surface area contributed by atoms with Crippen LogP contribution in [0.3, 0.4) is 0 Å². The summed E-state index contributed by atoms with van der Waals surface area (Å²) in [6.07, 6.45) is -4.68. The number of nitrogens with two attached hydrogens (primary N) is 1. The SMILES string of the molecule is C[C@@H](N)C(=O)NC(c1ccc(F)cc1)C(F)(F)F.Cl. The van der Waals surface area contributed by atoms with E-state index in [2.05, 4.69) is 0 Å². The Kier molecular flexibility index (Phi) is 6.24. The van der Waals surface area contributed by atoms with Crippen molar-refractivity contribution < 1.29 is 22.4 Å². The standard InChI is InChI=1S/C11H12F4N2O.ClH/c1-6(16)10(18)17-9(11(13,14)15)7-2-4-8(12)5-3-7;/h2-6,9H,16H2,1H3,(H,17,18);1H/t6-,9?;/m1./s1. The maximum absolute atomic E-state index is 12.8. The van der Waals surface area contributed by atoms with Crippen molar-refractivity contribution in [3.63, 3.8) is 0 Å². The van der Waals surface area contributed by atoms with Gasteiger partial charge in [0.2, 0.25) is 5.91 Å². The van der Waals surface area contributed by atoms with E-state index >= 15 is 0 Å². The Balaban J connectivity index is 0.00000324.